The van der Waals surface area contributed by atoms with E-state index in [2.05, 4.69) is 15.3 Å². The summed E-state index contributed by atoms with van der Waals surface area (Å²) in [7, 11) is 5.44. The SMILES string of the molecule is COCCN(C)c1nc2ccc(C(O)(c3ccc(Cl)cc3)c3cncn3C)cc2c(Cl)c1Cc1ccc(-n2ccc(COc3nc4ccc(C(O)(c5ccc(C)nc5C)C5CNC5)cc4c(Cl)c3Cc3ccc(C(F)(F)F)cc3)n2)cc1. The molecule has 11 rings (SSSR count). The number of alkyl halides is 3. The summed E-state index contributed by atoms with van der Waals surface area (Å²) in [6.45, 7) is 5.98. The standard InChI is InChI=1S/C63H57Cl3F3N9O4/c1-37-6-21-53(38(2)72-37)61(79,45-32-70-33-45)43-15-23-55-50(30-43)58(66)52(29-39-7-11-42(12-8-39)63(67,68)69)60(74-55)82-35-47-24-25-78(75-47)48-19-9-40(10-20-48)28-51-57(65)49-31-44(16-22-54(49)73-59(51)76(3)26-27-81-5)62(80,56-34-71-36-77(56)4)41-13-17-46(64)18-14-41/h6-25,30-31,34,36,45,70,79-80H,26-29,32-33,35H2,1-5H3. The van der Waals surface area contributed by atoms with Crippen LogP contribution in [0.4, 0.5) is 19.0 Å². The molecule has 2 atom stereocenters. The number of fused-ring (bicyclic) bond motifs is 2. The van der Waals surface area contributed by atoms with E-state index < -0.39 is 22.9 Å². The van der Waals surface area contributed by atoms with Gasteiger partial charge in [0.2, 0.25) is 5.88 Å². The van der Waals surface area contributed by atoms with Crippen LogP contribution in [0.5, 0.6) is 5.88 Å². The lowest BCUT2D eigenvalue weighted by Crippen LogP contribution is -2.55. The molecule has 5 aromatic heterocycles. The van der Waals surface area contributed by atoms with Crippen molar-refractivity contribution < 1.29 is 32.9 Å². The molecule has 13 nitrogen and oxygen atoms in total. The average molecular weight is 1170 g/mol. The van der Waals surface area contributed by atoms with Gasteiger partial charge in [0.1, 0.15) is 23.7 Å². The topological polar surface area (TPSA) is 148 Å². The van der Waals surface area contributed by atoms with Gasteiger partial charge in [0.05, 0.1) is 57.2 Å². The zero-order valence-electron chi connectivity index (χ0n) is 45.4. The normalized spacial score (nSPS) is 14.5. The summed E-state index contributed by atoms with van der Waals surface area (Å²) >= 11 is 21.2. The Morgan fingerprint density at radius 3 is 1.99 bits per heavy atom. The van der Waals surface area contributed by atoms with Crippen LogP contribution in [0.15, 0.2) is 146 Å². The molecule has 0 bridgehead atoms. The number of hydrogen-bond acceptors (Lipinski definition) is 11. The summed E-state index contributed by atoms with van der Waals surface area (Å²) < 4.78 is 56.4. The molecule has 0 amide bonds. The van der Waals surface area contributed by atoms with Gasteiger partial charge in [0.15, 0.2) is 5.60 Å². The van der Waals surface area contributed by atoms with Gasteiger partial charge in [-0.1, -0.05) is 89.4 Å². The van der Waals surface area contributed by atoms with Crippen molar-refractivity contribution in [3.05, 3.63) is 234 Å². The molecule has 6 heterocycles. The fourth-order valence-corrected chi connectivity index (χ4v) is 11.6. The molecule has 1 aliphatic rings. The van der Waals surface area contributed by atoms with E-state index in [1.807, 2.05) is 112 Å². The Balaban J connectivity index is 0.882. The Hall–Kier alpha value is -7.41. The maximum absolute atomic E-state index is 13.6. The van der Waals surface area contributed by atoms with Crippen LogP contribution in [0.2, 0.25) is 15.1 Å². The number of rotatable bonds is 18. The molecule has 19 heteroatoms. The number of nitrogens with one attached hydrogen (secondary N) is 1. The second-order valence-electron chi connectivity index (χ2n) is 20.9. The number of hydrogen-bond donors (Lipinski definition) is 3. The van der Waals surface area contributed by atoms with E-state index in [1.165, 1.54) is 12.1 Å². The van der Waals surface area contributed by atoms with Crippen LogP contribution in [0.3, 0.4) is 0 Å². The van der Waals surface area contributed by atoms with Gasteiger partial charge < -0.3 is 34.5 Å². The van der Waals surface area contributed by atoms with Gasteiger partial charge in [-0.2, -0.15) is 18.3 Å². The first-order valence-electron chi connectivity index (χ1n) is 26.5. The van der Waals surface area contributed by atoms with Gasteiger partial charge in [0, 0.05) is 110 Å². The quantitative estimate of drug-likeness (QED) is 0.0754. The first-order chi connectivity index (χ1) is 39.3. The Morgan fingerprint density at radius 1 is 0.732 bits per heavy atom. The van der Waals surface area contributed by atoms with Crippen molar-refractivity contribution in [3.8, 4) is 11.6 Å². The summed E-state index contributed by atoms with van der Waals surface area (Å²) in [6.07, 6.45) is 1.13. The second kappa shape index (κ2) is 22.7. The van der Waals surface area contributed by atoms with Crippen LogP contribution < -0.4 is 15.0 Å². The smallest absolute Gasteiger partial charge is 0.416 e. The largest absolute Gasteiger partial charge is 0.471 e. The fraction of sp³-hybridized carbons (Fsp3) is 0.254. The van der Waals surface area contributed by atoms with Gasteiger partial charge in [-0.25, -0.2) is 19.6 Å². The number of imidazole rings is 1. The number of pyridine rings is 3. The second-order valence-corrected chi connectivity index (χ2v) is 22.1. The average Bonchev–Trinajstić information content (AvgIpc) is 4.29. The van der Waals surface area contributed by atoms with Crippen molar-refractivity contribution >= 4 is 62.4 Å². The molecule has 1 saturated heterocycles. The number of halogens is 6. The van der Waals surface area contributed by atoms with Crippen molar-refractivity contribution in [2.24, 2.45) is 13.0 Å². The molecule has 10 aromatic rings. The van der Waals surface area contributed by atoms with Crippen LogP contribution in [-0.2, 0) is 48.6 Å². The third-order valence-corrected chi connectivity index (χ3v) is 16.6. The number of nitrogens with zero attached hydrogens (tertiary/aromatic N) is 8. The van der Waals surface area contributed by atoms with Crippen molar-refractivity contribution in [2.45, 2.75) is 50.7 Å². The van der Waals surface area contributed by atoms with Gasteiger partial charge >= 0.3 is 6.18 Å². The number of anilines is 1. The van der Waals surface area contributed by atoms with E-state index in [4.69, 9.17) is 59.3 Å². The Kier molecular flexibility index (Phi) is 15.7. The van der Waals surface area contributed by atoms with Crippen LogP contribution in [0, 0.1) is 19.8 Å². The molecule has 1 aliphatic heterocycles. The van der Waals surface area contributed by atoms with E-state index in [-0.39, 0.29) is 24.8 Å². The number of aromatic nitrogens is 7. The highest BCUT2D eigenvalue weighted by Crippen LogP contribution is 2.45. The van der Waals surface area contributed by atoms with E-state index in [0.29, 0.717) is 126 Å². The number of benzene rings is 5. The Labute approximate surface area is 486 Å². The molecule has 0 spiro atoms. The Morgan fingerprint density at radius 2 is 1.35 bits per heavy atom. The van der Waals surface area contributed by atoms with Crippen LogP contribution in [0.25, 0.3) is 27.5 Å². The van der Waals surface area contributed by atoms with Gasteiger partial charge in [0.25, 0.3) is 0 Å². The van der Waals surface area contributed by atoms with E-state index in [9.17, 15) is 23.4 Å². The molecule has 2 unspecified atom stereocenters. The monoisotopic (exact) mass is 1170 g/mol. The molecule has 420 valence electrons. The molecule has 3 N–H and O–H groups in total. The van der Waals surface area contributed by atoms with Crippen molar-refractivity contribution in [2.75, 3.05) is 45.3 Å². The zero-order valence-corrected chi connectivity index (χ0v) is 47.7. The van der Waals surface area contributed by atoms with E-state index in [1.54, 1.807) is 59.2 Å². The minimum Gasteiger partial charge on any atom is -0.471 e. The molecular formula is C63H57Cl3F3N9O4. The summed E-state index contributed by atoms with van der Waals surface area (Å²) in [5.41, 5.74) is 6.02. The maximum atomic E-state index is 13.6. The molecule has 0 radical (unpaired) electrons. The predicted molar refractivity (Wildman–Crippen MR) is 313 cm³/mol. The third kappa shape index (κ3) is 10.8. The number of ether oxygens (including phenoxy) is 2. The first-order valence-corrected chi connectivity index (χ1v) is 27.7. The van der Waals surface area contributed by atoms with E-state index >= 15 is 0 Å². The minimum absolute atomic E-state index is 0.0140. The highest BCUT2D eigenvalue weighted by Gasteiger charge is 2.45. The lowest BCUT2D eigenvalue weighted by molar-refractivity contribution is -0.137. The molecule has 0 saturated carbocycles. The first kappa shape index (κ1) is 56.5. The summed E-state index contributed by atoms with van der Waals surface area (Å²) in [5, 5.41) is 36.1. The lowest BCUT2D eigenvalue weighted by Gasteiger charge is -2.43. The number of methoxy groups -OCH3 is 1. The molecule has 5 aromatic carbocycles. The summed E-state index contributed by atoms with van der Waals surface area (Å²) in [5.74, 6) is 0.728. The van der Waals surface area contributed by atoms with Crippen molar-refractivity contribution in [3.63, 3.8) is 0 Å². The fourth-order valence-electron chi connectivity index (χ4n) is 10.9. The van der Waals surface area contributed by atoms with Crippen LogP contribution in [-0.4, -0.2) is 84.9 Å². The highest BCUT2D eigenvalue weighted by molar-refractivity contribution is 6.37. The van der Waals surface area contributed by atoms with Gasteiger partial charge in [-0.05, 0) is 114 Å². The summed E-state index contributed by atoms with van der Waals surface area (Å²) in [6, 6.07) is 36.7. The molecule has 1 fully saturated rings. The third-order valence-electron chi connectivity index (χ3n) is 15.5. The van der Waals surface area contributed by atoms with E-state index in [0.717, 1.165) is 34.6 Å². The predicted octanol–water partition coefficient (Wildman–Crippen LogP) is 12.3. The molecule has 0 aliphatic carbocycles. The minimum atomic E-state index is -4.51. The number of aryl methyl sites for hydroxylation is 3. The van der Waals surface area contributed by atoms with Crippen LogP contribution >= 0.6 is 34.8 Å². The molecular weight excluding hydrogens is 1110 g/mol. The summed E-state index contributed by atoms with van der Waals surface area (Å²) in [4.78, 5) is 21.1. The number of likely N-dealkylation sites (N-methyl/N-ethyl adjacent to an activating group) is 1. The van der Waals surface area contributed by atoms with Crippen molar-refractivity contribution in [1.29, 1.82) is 0 Å². The molecule has 82 heavy (non-hydrogen) atoms. The number of aliphatic hydroxyl groups is 2. The maximum Gasteiger partial charge on any atom is 0.416 e. The van der Waals surface area contributed by atoms with Gasteiger partial charge in [-0.15, -0.1) is 0 Å². The highest BCUT2D eigenvalue weighted by atomic mass is 35.5. The van der Waals surface area contributed by atoms with Crippen LogP contribution in [0.1, 0.15) is 72.8 Å². The van der Waals surface area contributed by atoms with Crippen molar-refractivity contribution in [1.82, 2.24) is 39.6 Å². The Bertz CT molecular complexity index is 3990. The lowest BCUT2D eigenvalue weighted by atomic mass is 9.72. The zero-order chi connectivity index (χ0) is 57.7. The van der Waals surface area contributed by atoms with Gasteiger partial charge in [-0.3, -0.25) is 4.98 Å².